The lowest BCUT2D eigenvalue weighted by Gasteiger charge is -2.21. The molecule has 0 aliphatic carbocycles. The number of nitrogens with two attached hydrogens (primary N) is 1. The summed E-state index contributed by atoms with van der Waals surface area (Å²) in [6.07, 6.45) is 4.57. The molecular formula is C27H27N3O2S. The molecular weight excluding hydrogens is 430 g/mol. The summed E-state index contributed by atoms with van der Waals surface area (Å²) >= 11 is 1.73. The van der Waals surface area contributed by atoms with Crippen LogP contribution in [0.25, 0.3) is 5.57 Å². The molecule has 0 aromatic heterocycles. The van der Waals surface area contributed by atoms with E-state index in [4.69, 9.17) is 5.73 Å². The van der Waals surface area contributed by atoms with Crippen molar-refractivity contribution in [2.24, 2.45) is 0 Å². The number of benzene rings is 3. The Morgan fingerprint density at radius 2 is 1.45 bits per heavy atom. The second kappa shape index (κ2) is 10.9. The van der Waals surface area contributed by atoms with Gasteiger partial charge in [-0.2, -0.15) is 0 Å². The van der Waals surface area contributed by atoms with Crippen LogP contribution in [0.2, 0.25) is 0 Å². The summed E-state index contributed by atoms with van der Waals surface area (Å²) in [5, 5.41) is 5.83. The summed E-state index contributed by atoms with van der Waals surface area (Å²) < 4.78 is 0. The number of carbonyl (C=O) groups is 2. The van der Waals surface area contributed by atoms with Crippen molar-refractivity contribution in [3.05, 3.63) is 90.0 Å². The van der Waals surface area contributed by atoms with Gasteiger partial charge in [-0.1, -0.05) is 66.7 Å². The minimum Gasteiger partial charge on any atom is -0.397 e. The molecule has 0 fully saturated rings. The molecule has 33 heavy (non-hydrogen) atoms. The monoisotopic (exact) mass is 457 g/mol. The van der Waals surface area contributed by atoms with Gasteiger partial charge >= 0.3 is 0 Å². The molecule has 3 aromatic rings. The second-order valence-corrected chi connectivity index (χ2v) is 8.97. The van der Waals surface area contributed by atoms with Crippen molar-refractivity contribution < 1.29 is 9.59 Å². The minimum atomic E-state index is -0.0983. The largest absolute Gasteiger partial charge is 0.397 e. The summed E-state index contributed by atoms with van der Waals surface area (Å²) in [7, 11) is 0. The van der Waals surface area contributed by atoms with Crippen molar-refractivity contribution in [1.82, 2.24) is 5.32 Å². The molecule has 168 valence electrons. The van der Waals surface area contributed by atoms with Gasteiger partial charge in [0.1, 0.15) is 0 Å². The van der Waals surface area contributed by atoms with Gasteiger partial charge in [0.25, 0.3) is 0 Å². The van der Waals surface area contributed by atoms with E-state index in [0.717, 1.165) is 45.8 Å². The molecule has 0 radical (unpaired) electrons. The summed E-state index contributed by atoms with van der Waals surface area (Å²) in [5.74, 6) is -0.145. The van der Waals surface area contributed by atoms with Crippen LogP contribution in [0.15, 0.2) is 88.7 Å². The quantitative estimate of drug-likeness (QED) is 0.186. The molecule has 1 aliphatic heterocycles. The van der Waals surface area contributed by atoms with Crippen LogP contribution in [0.3, 0.4) is 0 Å². The van der Waals surface area contributed by atoms with Crippen molar-refractivity contribution in [2.75, 3.05) is 17.6 Å². The number of nitrogens with one attached hydrogen (secondary N) is 2. The smallest absolute Gasteiger partial charge is 0.244 e. The summed E-state index contributed by atoms with van der Waals surface area (Å²) in [4.78, 5) is 27.0. The standard InChI is InChI=1S/C27H27N3O2S/c28-22-12-5-6-13-23(22)30-26(31)16-2-1-9-17-29-27(32)18-21-19-10-3-7-14-24(19)33-25-15-8-4-11-20(21)25/h3-8,10-15,18H,1-2,9,16-17,28H2,(H,29,32)(H,30,31). The Labute approximate surface area is 198 Å². The van der Waals surface area contributed by atoms with Crippen molar-refractivity contribution in [3.8, 4) is 0 Å². The van der Waals surface area contributed by atoms with Gasteiger partial charge in [0.05, 0.1) is 11.4 Å². The van der Waals surface area contributed by atoms with Crippen LogP contribution in [-0.2, 0) is 9.59 Å². The fourth-order valence-electron chi connectivity index (χ4n) is 3.78. The molecule has 1 aliphatic rings. The fourth-order valence-corrected chi connectivity index (χ4v) is 4.89. The average Bonchev–Trinajstić information content (AvgIpc) is 2.82. The van der Waals surface area contributed by atoms with Crippen LogP contribution in [0.4, 0.5) is 11.4 Å². The maximum atomic E-state index is 12.6. The lowest BCUT2D eigenvalue weighted by Crippen LogP contribution is -2.23. The number of amides is 2. The first-order valence-corrected chi connectivity index (χ1v) is 11.9. The summed E-state index contributed by atoms with van der Waals surface area (Å²) in [6, 6.07) is 23.6. The first kappa shape index (κ1) is 22.7. The van der Waals surface area contributed by atoms with E-state index < -0.39 is 0 Å². The van der Waals surface area contributed by atoms with Crippen molar-refractivity contribution >= 4 is 40.5 Å². The van der Waals surface area contributed by atoms with E-state index in [1.54, 1.807) is 30.0 Å². The van der Waals surface area contributed by atoms with E-state index in [0.29, 0.717) is 24.3 Å². The van der Waals surface area contributed by atoms with Crippen LogP contribution in [0, 0.1) is 0 Å². The van der Waals surface area contributed by atoms with Crippen LogP contribution < -0.4 is 16.4 Å². The zero-order chi connectivity index (χ0) is 23.0. The van der Waals surface area contributed by atoms with E-state index in [2.05, 4.69) is 34.9 Å². The van der Waals surface area contributed by atoms with Gasteiger partial charge in [-0.05, 0) is 53.8 Å². The van der Waals surface area contributed by atoms with Crippen LogP contribution in [-0.4, -0.2) is 18.4 Å². The number of anilines is 2. The third-order valence-corrected chi connectivity index (χ3v) is 6.62. The molecule has 1 heterocycles. The van der Waals surface area contributed by atoms with E-state index in [9.17, 15) is 9.59 Å². The number of unbranched alkanes of at least 4 members (excludes halogenated alkanes) is 2. The molecule has 0 saturated carbocycles. The molecule has 3 aromatic carbocycles. The maximum absolute atomic E-state index is 12.6. The molecule has 6 heteroatoms. The molecule has 0 unspecified atom stereocenters. The summed E-state index contributed by atoms with van der Waals surface area (Å²) in [6.45, 7) is 0.577. The third kappa shape index (κ3) is 5.84. The predicted molar refractivity (Wildman–Crippen MR) is 135 cm³/mol. The Balaban J connectivity index is 1.25. The zero-order valence-corrected chi connectivity index (χ0v) is 19.2. The van der Waals surface area contributed by atoms with Gasteiger partial charge in [-0.3, -0.25) is 9.59 Å². The lowest BCUT2D eigenvalue weighted by molar-refractivity contribution is -0.117. The number of para-hydroxylation sites is 2. The highest BCUT2D eigenvalue weighted by atomic mass is 32.2. The van der Waals surface area contributed by atoms with Crippen LogP contribution >= 0.6 is 11.8 Å². The minimum absolute atomic E-state index is 0.0471. The number of fused-ring (bicyclic) bond motifs is 2. The predicted octanol–water partition coefficient (Wildman–Crippen LogP) is 5.48. The SMILES string of the molecule is Nc1ccccc1NC(=O)CCCCCNC(=O)C=C1c2ccccc2Sc2ccccc21. The highest BCUT2D eigenvalue weighted by Crippen LogP contribution is 2.44. The Hall–Kier alpha value is -3.51. The van der Waals surface area contributed by atoms with Gasteiger partial charge in [-0.25, -0.2) is 0 Å². The Morgan fingerprint density at radius 1 is 0.818 bits per heavy atom. The topological polar surface area (TPSA) is 84.2 Å². The van der Waals surface area contributed by atoms with Crippen LogP contribution in [0.1, 0.15) is 36.8 Å². The molecule has 5 nitrogen and oxygen atoms in total. The van der Waals surface area contributed by atoms with Gasteiger partial charge in [0.2, 0.25) is 11.8 Å². The number of nitrogen functional groups attached to an aromatic ring is 1. The Kier molecular flexibility index (Phi) is 7.47. The number of hydrogen-bond donors (Lipinski definition) is 3. The van der Waals surface area contributed by atoms with Crippen molar-refractivity contribution in [1.29, 1.82) is 0 Å². The van der Waals surface area contributed by atoms with Gasteiger partial charge in [0.15, 0.2) is 0 Å². The number of carbonyl (C=O) groups excluding carboxylic acids is 2. The number of hydrogen-bond acceptors (Lipinski definition) is 4. The van der Waals surface area contributed by atoms with E-state index in [-0.39, 0.29) is 11.8 Å². The molecule has 0 spiro atoms. The van der Waals surface area contributed by atoms with Crippen LogP contribution in [0.5, 0.6) is 0 Å². The van der Waals surface area contributed by atoms with E-state index in [1.165, 1.54) is 0 Å². The first-order chi connectivity index (χ1) is 16.1. The Morgan fingerprint density at radius 3 is 2.15 bits per heavy atom. The maximum Gasteiger partial charge on any atom is 0.244 e. The molecule has 2 amide bonds. The average molecular weight is 458 g/mol. The molecule has 0 saturated heterocycles. The first-order valence-electron chi connectivity index (χ1n) is 11.1. The zero-order valence-electron chi connectivity index (χ0n) is 18.3. The highest BCUT2D eigenvalue weighted by Gasteiger charge is 2.20. The molecule has 0 bridgehead atoms. The molecule has 4 N–H and O–H groups in total. The van der Waals surface area contributed by atoms with E-state index in [1.807, 2.05) is 36.4 Å². The van der Waals surface area contributed by atoms with Gasteiger partial charge in [0, 0.05) is 28.8 Å². The van der Waals surface area contributed by atoms with Gasteiger partial charge in [-0.15, -0.1) is 0 Å². The third-order valence-electron chi connectivity index (χ3n) is 5.46. The van der Waals surface area contributed by atoms with Crippen molar-refractivity contribution in [2.45, 2.75) is 35.5 Å². The molecule has 4 rings (SSSR count). The van der Waals surface area contributed by atoms with Gasteiger partial charge < -0.3 is 16.4 Å². The summed E-state index contributed by atoms with van der Waals surface area (Å²) in [5.41, 5.74) is 10.2. The van der Waals surface area contributed by atoms with E-state index >= 15 is 0 Å². The fraction of sp³-hybridized carbons (Fsp3) is 0.185. The Bertz CT molecular complexity index is 1140. The molecule has 0 atom stereocenters. The van der Waals surface area contributed by atoms with Crippen molar-refractivity contribution in [3.63, 3.8) is 0 Å². The number of rotatable bonds is 8. The highest BCUT2D eigenvalue weighted by molar-refractivity contribution is 7.99. The lowest BCUT2D eigenvalue weighted by atomic mass is 9.96. The second-order valence-electron chi connectivity index (χ2n) is 7.89. The normalized spacial score (nSPS) is 11.8.